The van der Waals surface area contributed by atoms with Gasteiger partial charge < -0.3 is 10.4 Å². The lowest BCUT2D eigenvalue weighted by Crippen LogP contribution is -2.29. The number of carboxylic acids is 1. The fraction of sp³-hybridized carbons (Fsp3) is 0.500. The van der Waals surface area contributed by atoms with Crippen LogP contribution in [0.5, 0.6) is 0 Å². The molecule has 0 spiro atoms. The van der Waals surface area contributed by atoms with Crippen LogP contribution in [0.25, 0.3) is 0 Å². The molecule has 2 rings (SSSR count). The van der Waals surface area contributed by atoms with Gasteiger partial charge in [0.2, 0.25) is 0 Å². The third-order valence-corrected chi connectivity index (χ3v) is 4.78. The Kier molecular flexibility index (Phi) is 4.48. The van der Waals surface area contributed by atoms with Crippen LogP contribution >= 0.6 is 22.6 Å². The number of aliphatic carboxylic acids is 1. The summed E-state index contributed by atoms with van der Waals surface area (Å²) in [5, 5.41) is 12.5. The number of carbonyl (C=O) groups is 1. The molecule has 0 aliphatic heterocycles. The van der Waals surface area contributed by atoms with Crippen molar-refractivity contribution in [2.75, 3.05) is 5.32 Å². The quantitative estimate of drug-likeness (QED) is 0.810. The maximum absolute atomic E-state index is 10.9. The lowest BCUT2D eigenvalue weighted by atomic mass is 9.86. The highest BCUT2D eigenvalue weighted by Gasteiger charge is 2.25. The molecule has 1 aliphatic rings. The minimum atomic E-state index is -0.640. The van der Waals surface area contributed by atoms with Gasteiger partial charge in [0, 0.05) is 15.3 Å². The summed E-state index contributed by atoms with van der Waals surface area (Å²) in [6, 6.07) is 6.78. The molecule has 1 aliphatic carbocycles. The van der Waals surface area contributed by atoms with Gasteiger partial charge in [0.1, 0.15) is 0 Å². The zero-order valence-electron chi connectivity index (χ0n) is 10.4. The van der Waals surface area contributed by atoms with E-state index in [0.29, 0.717) is 6.04 Å². The summed E-state index contributed by atoms with van der Waals surface area (Å²) in [4.78, 5) is 10.9. The van der Waals surface area contributed by atoms with Crippen LogP contribution in [-0.2, 0) is 4.79 Å². The van der Waals surface area contributed by atoms with Crippen molar-refractivity contribution in [3.8, 4) is 0 Å². The number of halogens is 1. The van der Waals surface area contributed by atoms with Gasteiger partial charge in [-0.2, -0.15) is 0 Å². The number of hydrogen-bond acceptors (Lipinski definition) is 2. The van der Waals surface area contributed by atoms with Crippen molar-refractivity contribution >= 4 is 34.2 Å². The summed E-state index contributed by atoms with van der Waals surface area (Å²) in [5.74, 6) is -0.778. The standard InChI is InChI=1S/C14H18INO2/c1-9-2-5-12(8-13(9)15)16-11-6-3-10(4-7-11)14(17)18/h2,5,8,10-11,16H,3-4,6-7H2,1H3,(H,17,18). The van der Waals surface area contributed by atoms with Gasteiger partial charge in [-0.15, -0.1) is 0 Å². The number of aryl methyl sites for hydroxylation is 1. The topological polar surface area (TPSA) is 49.3 Å². The Morgan fingerprint density at radius 1 is 1.33 bits per heavy atom. The van der Waals surface area contributed by atoms with Crippen LogP contribution in [0.1, 0.15) is 31.2 Å². The molecule has 0 atom stereocenters. The molecule has 0 radical (unpaired) electrons. The lowest BCUT2D eigenvalue weighted by molar-refractivity contribution is -0.142. The molecule has 2 N–H and O–H groups in total. The summed E-state index contributed by atoms with van der Waals surface area (Å²) in [6.45, 7) is 2.10. The van der Waals surface area contributed by atoms with Crippen LogP contribution in [0.15, 0.2) is 18.2 Å². The van der Waals surface area contributed by atoms with Gasteiger partial charge >= 0.3 is 5.97 Å². The van der Waals surface area contributed by atoms with Crippen molar-refractivity contribution in [2.45, 2.75) is 38.6 Å². The lowest BCUT2D eigenvalue weighted by Gasteiger charge is -2.27. The van der Waals surface area contributed by atoms with E-state index in [-0.39, 0.29) is 5.92 Å². The van der Waals surface area contributed by atoms with E-state index in [4.69, 9.17) is 5.11 Å². The number of nitrogens with one attached hydrogen (secondary N) is 1. The molecular weight excluding hydrogens is 341 g/mol. The molecular formula is C14H18INO2. The van der Waals surface area contributed by atoms with Crippen LogP contribution < -0.4 is 5.32 Å². The molecule has 0 amide bonds. The first-order valence-electron chi connectivity index (χ1n) is 6.32. The largest absolute Gasteiger partial charge is 0.481 e. The molecule has 98 valence electrons. The van der Waals surface area contributed by atoms with Crippen LogP contribution in [0.2, 0.25) is 0 Å². The Morgan fingerprint density at radius 3 is 2.56 bits per heavy atom. The Hall–Kier alpha value is -0.780. The van der Waals surface area contributed by atoms with Gasteiger partial charge in [0.15, 0.2) is 0 Å². The van der Waals surface area contributed by atoms with Gasteiger partial charge in [-0.25, -0.2) is 0 Å². The minimum Gasteiger partial charge on any atom is -0.481 e. The van der Waals surface area contributed by atoms with E-state index in [9.17, 15) is 4.79 Å². The van der Waals surface area contributed by atoms with Crippen molar-refractivity contribution < 1.29 is 9.90 Å². The highest BCUT2D eigenvalue weighted by atomic mass is 127. The normalized spacial score (nSPS) is 23.7. The molecule has 1 aromatic rings. The molecule has 0 bridgehead atoms. The molecule has 18 heavy (non-hydrogen) atoms. The van der Waals surface area contributed by atoms with Crippen molar-refractivity contribution in [3.05, 3.63) is 27.3 Å². The zero-order valence-corrected chi connectivity index (χ0v) is 12.6. The SMILES string of the molecule is Cc1ccc(NC2CCC(C(=O)O)CC2)cc1I. The molecule has 1 aromatic carbocycles. The van der Waals surface area contributed by atoms with E-state index < -0.39 is 5.97 Å². The summed E-state index contributed by atoms with van der Waals surface area (Å²) in [6.07, 6.45) is 3.47. The first-order valence-corrected chi connectivity index (χ1v) is 7.39. The molecule has 3 nitrogen and oxygen atoms in total. The van der Waals surface area contributed by atoms with E-state index in [1.165, 1.54) is 9.13 Å². The smallest absolute Gasteiger partial charge is 0.306 e. The number of rotatable bonds is 3. The van der Waals surface area contributed by atoms with E-state index in [2.05, 4.69) is 53.0 Å². The molecule has 1 saturated carbocycles. The molecule has 0 unspecified atom stereocenters. The predicted octanol–water partition coefficient (Wildman–Crippen LogP) is 3.65. The molecule has 0 saturated heterocycles. The number of anilines is 1. The molecule has 1 fully saturated rings. The Labute approximate surface area is 121 Å². The van der Waals surface area contributed by atoms with Crippen LogP contribution in [0.4, 0.5) is 5.69 Å². The van der Waals surface area contributed by atoms with Gasteiger partial charge in [-0.3, -0.25) is 4.79 Å². The van der Waals surface area contributed by atoms with E-state index >= 15 is 0 Å². The summed E-state index contributed by atoms with van der Waals surface area (Å²) in [5.41, 5.74) is 2.43. The first-order chi connectivity index (χ1) is 8.56. The number of hydrogen-bond donors (Lipinski definition) is 2. The van der Waals surface area contributed by atoms with E-state index in [1.54, 1.807) is 0 Å². The van der Waals surface area contributed by atoms with Gasteiger partial charge in [0.25, 0.3) is 0 Å². The van der Waals surface area contributed by atoms with E-state index in [1.807, 2.05) is 0 Å². The maximum Gasteiger partial charge on any atom is 0.306 e. The second-order valence-electron chi connectivity index (χ2n) is 5.00. The average Bonchev–Trinajstić information content (AvgIpc) is 2.34. The molecule has 4 heteroatoms. The third kappa shape index (κ3) is 3.37. The second kappa shape index (κ2) is 5.91. The minimum absolute atomic E-state index is 0.138. The monoisotopic (exact) mass is 359 g/mol. The summed E-state index contributed by atoms with van der Waals surface area (Å²) in [7, 11) is 0. The summed E-state index contributed by atoms with van der Waals surface area (Å²) >= 11 is 2.34. The third-order valence-electron chi connectivity index (χ3n) is 3.62. The Bertz CT molecular complexity index is 439. The van der Waals surface area contributed by atoms with Crippen LogP contribution in [0, 0.1) is 16.4 Å². The second-order valence-corrected chi connectivity index (χ2v) is 6.16. The van der Waals surface area contributed by atoms with Gasteiger partial charge in [-0.05, 0) is 72.9 Å². The van der Waals surface area contributed by atoms with Crippen molar-refractivity contribution in [2.24, 2.45) is 5.92 Å². The van der Waals surface area contributed by atoms with Crippen molar-refractivity contribution in [1.29, 1.82) is 0 Å². The highest BCUT2D eigenvalue weighted by molar-refractivity contribution is 14.1. The highest BCUT2D eigenvalue weighted by Crippen LogP contribution is 2.27. The van der Waals surface area contributed by atoms with Crippen LogP contribution in [0.3, 0.4) is 0 Å². The Morgan fingerprint density at radius 2 is 2.00 bits per heavy atom. The van der Waals surface area contributed by atoms with Gasteiger partial charge in [-0.1, -0.05) is 6.07 Å². The number of benzene rings is 1. The Balaban J connectivity index is 1.91. The first kappa shape index (κ1) is 13.6. The van der Waals surface area contributed by atoms with Crippen molar-refractivity contribution in [3.63, 3.8) is 0 Å². The fourth-order valence-corrected chi connectivity index (χ4v) is 2.92. The maximum atomic E-state index is 10.9. The molecule has 0 aromatic heterocycles. The fourth-order valence-electron chi connectivity index (χ4n) is 2.40. The average molecular weight is 359 g/mol. The zero-order chi connectivity index (χ0) is 13.1. The van der Waals surface area contributed by atoms with Crippen molar-refractivity contribution in [1.82, 2.24) is 0 Å². The van der Waals surface area contributed by atoms with Crippen LogP contribution in [-0.4, -0.2) is 17.1 Å². The summed E-state index contributed by atoms with van der Waals surface area (Å²) < 4.78 is 1.26. The predicted molar refractivity (Wildman–Crippen MR) is 80.9 cm³/mol. The van der Waals surface area contributed by atoms with Gasteiger partial charge in [0.05, 0.1) is 5.92 Å². The van der Waals surface area contributed by atoms with E-state index in [0.717, 1.165) is 31.4 Å². The molecule has 0 heterocycles. The number of carboxylic acid groups (broad SMARTS) is 1.